The van der Waals surface area contributed by atoms with Crippen molar-refractivity contribution < 1.29 is 86.0 Å². The van der Waals surface area contributed by atoms with Crippen LogP contribution >= 0.6 is 0 Å². The number of ketones is 3. The molecule has 3 heterocycles. The van der Waals surface area contributed by atoms with Crippen LogP contribution in [0.3, 0.4) is 0 Å². The van der Waals surface area contributed by atoms with Crippen molar-refractivity contribution >= 4 is 45.2 Å². The van der Waals surface area contributed by atoms with Gasteiger partial charge in [0.15, 0.2) is 0 Å². The molecule has 1 unspecified atom stereocenters. The Labute approximate surface area is 592 Å². The van der Waals surface area contributed by atoms with Crippen LogP contribution in [0.1, 0.15) is 149 Å². The van der Waals surface area contributed by atoms with Gasteiger partial charge in [-0.1, -0.05) is 125 Å². The predicted octanol–water partition coefficient (Wildman–Crippen LogP) is 9.05. The van der Waals surface area contributed by atoms with Crippen molar-refractivity contribution in [3.63, 3.8) is 0 Å². The van der Waals surface area contributed by atoms with Crippen LogP contribution < -0.4 is 10.1 Å². The first-order valence-electron chi connectivity index (χ1n) is 35.8. The molecule has 4 aliphatic rings. The third kappa shape index (κ3) is 22.1. The number of aliphatic hydroxyl groups excluding tert-OH is 3. The molecule has 2 amide bonds. The molecule has 100 heavy (non-hydrogen) atoms. The van der Waals surface area contributed by atoms with E-state index in [1.807, 2.05) is 113 Å². The fourth-order valence-corrected chi connectivity index (χ4v) is 16.4. The molecule has 3 aromatic rings. The van der Waals surface area contributed by atoms with Gasteiger partial charge in [-0.15, -0.1) is 0 Å². The maximum atomic E-state index is 14.9. The molecule has 7 rings (SSSR count). The Morgan fingerprint density at radius 3 is 2.06 bits per heavy atom. The summed E-state index contributed by atoms with van der Waals surface area (Å²) in [5.41, 5.74) is 3.03. The number of sulfonamides is 1. The van der Waals surface area contributed by atoms with Crippen molar-refractivity contribution in [1.82, 2.24) is 14.5 Å². The summed E-state index contributed by atoms with van der Waals surface area (Å²) in [6, 6.07) is 22.4. The zero-order valence-corrected chi connectivity index (χ0v) is 61.3. The zero-order chi connectivity index (χ0) is 73.0. The van der Waals surface area contributed by atoms with Crippen LogP contribution in [0, 0.1) is 41.4 Å². The summed E-state index contributed by atoms with van der Waals surface area (Å²) in [5.74, 6) is -10.0. The number of hydrogen-bond acceptors (Lipinski definition) is 18. The molecule has 5 N–H and O–H groups in total. The van der Waals surface area contributed by atoms with Gasteiger partial charge >= 0.3 is 5.97 Å². The molecule has 2 saturated heterocycles. The Morgan fingerprint density at radius 2 is 1.43 bits per heavy atom. The largest absolute Gasteiger partial charge is 0.497 e. The van der Waals surface area contributed by atoms with E-state index in [2.05, 4.69) is 5.32 Å². The molecule has 3 aromatic carbocycles. The highest BCUT2D eigenvalue weighted by Gasteiger charge is 2.57. The number of Topliss-reactive ketones (excluding diaryl/α,β-unsaturated/α-hetero) is 3. The fourth-order valence-electron chi connectivity index (χ4n) is 14.7. The minimum Gasteiger partial charge on any atom is -0.497 e. The number of ether oxygens (including phenoxy) is 6. The minimum atomic E-state index is -4.13. The normalized spacial score (nSPS) is 29.6. The molecule has 2 bridgehead atoms. The van der Waals surface area contributed by atoms with E-state index in [0.29, 0.717) is 56.3 Å². The summed E-state index contributed by atoms with van der Waals surface area (Å²) in [5, 5.41) is 50.5. The lowest BCUT2D eigenvalue weighted by atomic mass is 9.81. The number of hydrogen-bond donors (Lipinski definition) is 5. The molecule has 21 nitrogen and oxygen atoms in total. The second-order valence-electron chi connectivity index (χ2n) is 28.9. The van der Waals surface area contributed by atoms with E-state index in [4.69, 9.17) is 28.4 Å². The Kier molecular flexibility index (Phi) is 31.0. The molecule has 3 fully saturated rings. The van der Waals surface area contributed by atoms with Gasteiger partial charge in [-0.25, -0.2) is 13.2 Å². The maximum absolute atomic E-state index is 14.9. The number of nitrogens with one attached hydrogen (secondary N) is 1. The van der Waals surface area contributed by atoms with E-state index >= 15 is 0 Å². The van der Waals surface area contributed by atoms with Crippen LogP contribution in [0.4, 0.5) is 0 Å². The topological polar surface area (TPSA) is 291 Å². The number of esters is 1. The summed E-state index contributed by atoms with van der Waals surface area (Å²) in [4.78, 5) is 89.0. The highest BCUT2D eigenvalue weighted by molar-refractivity contribution is 7.89. The van der Waals surface area contributed by atoms with E-state index in [9.17, 15) is 57.6 Å². The van der Waals surface area contributed by atoms with Crippen molar-refractivity contribution in [2.45, 2.75) is 223 Å². The standard InChI is InChI=1S/C78H111N3O18S/c1-49(2)47-80(100(92,93)62-33-31-61(94-8)32-34-62)48-68(86)63(43-56-25-17-13-18-26-56)79-75(88)59(42-55-23-15-12-16-24-55)45-60(82)28-20-14-19-27-58-38-50(3)37-51(4)39-70(96-10)73-71(97-11)41-53(6)78(91,99-73)74(87)76(89)81-36-22-21-29-64(81)77(90)98-72(54(7)66(84)46-67(58)85)52(5)40-57-30-35-65(83)69(44-57)95-9/h12-19,23-26,31-34,38,40,49,51,53-54,57-59,63-66,68-73,83-84,86,91H,20-22,27-30,35-37,39,41-48H2,1-11H3,(H,79,88)/b19-14+,50-38+,52-40+/t51-,53+,54+,57-,58+,59?,63-,64-,65+,66-,68+,69+,70-,71-,72+,73+,78+/m0/s1. The van der Waals surface area contributed by atoms with Gasteiger partial charge in [0.25, 0.3) is 11.7 Å². The lowest BCUT2D eigenvalue weighted by molar-refractivity contribution is -0.302. The fraction of sp³-hybridized carbons (Fsp3) is 0.615. The number of rotatable bonds is 26. The Bertz CT molecular complexity index is 3360. The number of cyclic esters (lactones) is 1. The molecule has 3 aliphatic heterocycles. The molecule has 0 spiro atoms. The SMILES string of the molecule is COc1ccc(S(=O)(=O)N(CC(C)C)C[C@@H](O)[C@H](Cc2ccccc2)NC(=O)C(CC(=O)CC/C=C/C[C@@H]2/C=C(\C)C[C@H](C)C[C@H](OC)[C@H]3O[C@@](O)(C(=O)C(=O)N4CCCC[C@H]4C(=O)O[C@H](/C(C)=C/[C@@H]4CC[C@@H](O)[C@H](OC)C4)[C@H](C)[C@@H](O)CC2=O)[C@H](C)C[C@@H]3OC)Cc2ccccc2)cc1. The first-order chi connectivity index (χ1) is 47.6. The summed E-state index contributed by atoms with van der Waals surface area (Å²) in [6.07, 6.45) is 4.18. The molecule has 1 saturated carbocycles. The quantitative estimate of drug-likeness (QED) is 0.0284. The third-order valence-corrected chi connectivity index (χ3v) is 22.4. The van der Waals surface area contributed by atoms with Gasteiger partial charge in [0.2, 0.25) is 21.7 Å². The average Bonchev–Trinajstić information content (AvgIpc) is 0.769. The number of fused-ring (bicyclic) bond motifs is 3. The number of nitrogens with zero attached hydrogens (tertiary/aromatic N) is 2. The molecule has 22 heteroatoms. The number of piperidine rings is 1. The Morgan fingerprint density at radius 1 is 0.790 bits per heavy atom. The summed E-state index contributed by atoms with van der Waals surface area (Å²) < 4.78 is 65.4. The first kappa shape index (κ1) is 81.0. The Hall–Kier alpha value is -6.31. The van der Waals surface area contributed by atoms with Crippen molar-refractivity contribution in [3.05, 3.63) is 132 Å². The number of carbonyl (C=O) groups excluding carboxylic acids is 6. The highest BCUT2D eigenvalue weighted by atomic mass is 32.2. The number of amides is 2. The van der Waals surface area contributed by atoms with Crippen LogP contribution in [0.15, 0.2) is 125 Å². The van der Waals surface area contributed by atoms with Crippen LogP contribution in [0.5, 0.6) is 5.75 Å². The zero-order valence-electron chi connectivity index (χ0n) is 60.4. The van der Waals surface area contributed by atoms with Crippen LogP contribution in [0.2, 0.25) is 0 Å². The number of carbonyl (C=O) groups is 6. The van der Waals surface area contributed by atoms with Gasteiger partial charge in [0, 0.05) is 83.9 Å². The van der Waals surface area contributed by atoms with Crippen LogP contribution in [-0.4, -0.2) is 188 Å². The minimum absolute atomic E-state index is 0.0214. The van der Waals surface area contributed by atoms with Crippen LogP contribution in [0.25, 0.3) is 0 Å². The van der Waals surface area contributed by atoms with Gasteiger partial charge in [-0.2, -0.15) is 4.31 Å². The van der Waals surface area contributed by atoms with Gasteiger partial charge in [-0.3, -0.25) is 24.0 Å². The van der Waals surface area contributed by atoms with Gasteiger partial charge in [-0.05, 0) is 156 Å². The van der Waals surface area contributed by atoms with Gasteiger partial charge < -0.3 is 59.1 Å². The van der Waals surface area contributed by atoms with Crippen molar-refractivity contribution in [3.8, 4) is 5.75 Å². The number of methoxy groups -OCH3 is 4. The molecule has 0 radical (unpaired) electrons. The van der Waals surface area contributed by atoms with Crippen molar-refractivity contribution in [1.29, 1.82) is 0 Å². The first-order valence-corrected chi connectivity index (χ1v) is 37.2. The summed E-state index contributed by atoms with van der Waals surface area (Å²) in [6.45, 7) is 12.5. The number of benzene rings is 3. The van der Waals surface area contributed by atoms with Crippen molar-refractivity contribution in [2.24, 2.45) is 41.4 Å². The molecule has 17 atom stereocenters. The molecule has 1 aliphatic carbocycles. The van der Waals surface area contributed by atoms with Crippen LogP contribution in [-0.2, 0) is 75.3 Å². The molecule has 0 aromatic heterocycles. The van der Waals surface area contributed by atoms with Gasteiger partial charge in [0.05, 0.1) is 54.7 Å². The van der Waals surface area contributed by atoms with E-state index in [1.165, 1.54) is 44.9 Å². The smallest absolute Gasteiger partial charge is 0.329 e. The average molecular weight is 1410 g/mol. The van der Waals surface area contributed by atoms with Gasteiger partial charge in [0.1, 0.15) is 35.6 Å². The highest BCUT2D eigenvalue weighted by Crippen LogP contribution is 2.40. The summed E-state index contributed by atoms with van der Waals surface area (Å²) >= 11 is 0. The number of aliphatic hydroxyl groups is 4. The molecular weight excluding hydrogens is 1300 g/mol. The lowest BCUT2D eigenvalue weighted by Gasteiger charge is -2.47. The molecule has 552 valence electrons. The van der Waals surface area contributed by atoms with E-state index in [0.717, 1.165) is 21.6 Å². The lowest BCUT2D eigenvalue weighted by Crippen LogP contribution is -2.64. The van der Waals surface area contributed by atoms with E-state index < -0.39 is 124 Å². The maximum Gasteiger partial charge on any atom is 0.329 e. The third-order valence-electron chi connectivity index (χ3n) is 20.5. The molecular formula is C78H111N3O18S. The van der Waals surface area contributed by atoms with Crippen molar-refractivity contribution in [2.75, 3.05) is 48.1 Å². The number of allylic oxidation sites excluding steroid dienone is 5. The Balaban J connectivity index is 1.14. The van der Waals surface area contributed by atoms with E-state index in [-0.39, 0.29) is 112 Å². The monoisotopic (exact) mass is 1410 g/mol. The second kappa shape index (κ2) is 38.3. The second-order valence-corrected chi connectivity index (χ2v) is 30.8. The predicted molar refractivity (Wildman–Crippen MR) is 379 cm³/mol. The van der Waals surface area contributed by atoms with E-state index in [1.54, 1.807) is 32.9 Å². The summed E-state index contributed by atoms with van der Waals surface area (Å²) in [7, 11) is 1.89.